The van der Waals surface area contributed by atoms with Crippen LogP contribution in [-0.2, 0) is 16.1 Å². The fraction of sp³-hybridized carbons (Fsp3) is 0.680. The Labute approximate surface area is 200 Å². The molecule has 1 saturated heterocycles. The van der Waals surface area contributed by atoms with Crippen LogP contribution >= 0.6 is 23.2 Å². The van der Waals surface area contributed by atoms with Crippen LogP contribution in [0.2, 0.25) is 10.0 Å². The zero-order valence-electron chi connectivity index (χ0n) is 18.6. The number of benzene rings is 1. The molecule has 0 unspecified atom stereocenters. The monoisotopic (exact) mass is 477 g/mol. The number of halogens is 2. The topological polar surface area (TPSA) is 52.7 Å². The fourth-order valence-corrected chi connectivity index (χ4v) is 7.57. The third-order valence-corrected chi connectivity index (χ3v) is 8.99. The summed E-state index contributed by atoms with van der Waals surface area (Å²) >= 11 is 12.1. The van der Waals surface area contributed by atoms with Crippen molar-refractivity contribution in [1.82, 2.24) is 15.1 Å². The minimum absolute atomic E-state index is 0.0260. The number of hydrogen-bond acceptors (Lipinski definition) is 3. The van der Waals surface area contributed by atoms with E-state index in [4.69, 9.17) is 23.2 Å². The molecule has 5 aliphatic rings. The molecular formula is C25H33Cl2N3O2. The highest BCUT2D eigenvalue weighted by molar-refractivity contribution is 6.42. The molecule has 2 amide bonds. The lowest BCUT2D eigenvalue weighted by molar-refractivity contribution is -0.136. The molecule has 5 nitrogen and oxygen atoms in total. The van der Waals surface area contributed by atoms with Crippen LogP contribution in [0.25, 0.3) is 0 Å². The molecular weight excluding hydrogens is 445 g/mol. The molecule has 32 heavy (non-hydrogen) atoms. The quantitative estimate of drug-likeness (QED) is 0.661. The third kappa shape index (κ3) is 4.95. The maximum absolute atomic E-state index is 12.7. The highest BCUT2D eigenvalue weighted by Crippen LogP contribution is 2.61. The minimum atomic E-state index is 0.0260. The van der Waals surface area contributed by atoms with E-state index in [1.165, 1.54) is 38.5 Å². The second-order valence-corrected chi connectivity index (χ2v) is 11.6. The van der Waals surface area contributed by atoms with E-state index in [0.717, 1.165) is 43.0 Å². The first kappa shape index (κ1) is 22.5. The van der Waals surface area contributed by atoms with E-state index in [1.807, 2.05) is 23.1 Å². The lowest BCUT2D eigenvalue weighted by Crippen LogP contribution is -2.51. The first-order valence-electron chi connectivity index (χ1n) is 12.1. The van der Waals surface area contributed by atoms with Crippen molar-refractivity contribution in [1.29, 1.82) is 0 Å². The predicted octanol–water partition coefficient (Wildman–Crippen LogP) is 4.36. The summed E-state index contributed by atoms with van der Waals surface area (Å²) in [6, 6.07) is 5.72. The lowest BCUT2D eigenvalue weighted by atomic mass is 9.49. The number of rotatable bonds is 6. The van der Waals surface area contributed by atoms with Gasteiger partial charge in [0, 0.05) is 39.1 Å². The van der Waals surface area contributed by atoms with Crippen LogP contribution in [0.1, 0.15) is 50.5 Å². The average Bonchev–Trinajstić information content (AvgIpc) is 2.74. The summed E-state index contributed by atoms with van der Waals surface area (Å²) in [5, 5.41) is 4.08. The molecule has 6 rings (SSSR count). The number of carbonyl (C=O) groups excluding carboxylic acids is 2. The molecule has 1 aromatic rings. The smallest absolute Gasteiger partial charge is 0.242 e. The van der Waals surface area contributed by atoms with Gasteiger partial charge in [0.2, 0.25) is 11.8 Å². The van der Waals surface area contributed by atoms with E-state index >= 15 is 0 Å². The molecule has 0 spiro atoms. The van der Waals surface area contributed by atoms with Crippen LogP contribution in [0.15, 0.2) is 18.2 Å². The number of nitrogens with zero attached hydrogens (tertiary/aromatic N) is 2. The van der Waals surface area contributed by atoms with Crippen LogP contribution in [0, 0.1) is 23.2 Å². The molecule has 1 N–H and O–H groups in total. The summed E-state index contributed by atoms with van der Waals surface area (Å²) in [7, 11) is 0. The summed E-state index contributed by atoms with van der Waals surface area (Å²) in [4.78, 5) is 29.6. The van der Waals surface area contributed by atoms with Gasteiger partial charge in [-0.1, -0.05) is 29.3 Å². The molecule has 5 fully saturated rings. The van der Waals surface area contributed by atoms with E-state index in [2.05, 4.69) is 10.2 Å². The summed E-state index contributed by atoms with van der Waals surface area (Å²) < 4.78 is 0. The van der Waals surface area contributed by atoms with Crippen molar-refractivity contribution in [2.45, 2.75) is 51.5 Å². The Morgan fingerprint density at radius 2 is 1.56 bits per heavy atom. The average molecular weight is 478 g/mol. The number of hydrogen-bond donors (Lipinski definition) is 1. The van der Waals surface area contributed by atoms with Gasteiger partial charge in [0.1, 0.15) is 0 Å². The van der Waals surface area contributed by atoms with Crippen LogP contribution < -0.4 is 5.32 Å². The van der Waals surface area contributed by atoms with Gasteiger partial charge in [-0.3, -0.25) is 14.5 Å². The normalized spacial score (nSPS) is 31.7. The summed E-state index contributed by atoms with van der Waals surface area (Å²) in [5.74, 6) is 2.62. The molecule has 4 bridgehead atoms. The Morgan fingerprint density at radius 1 is 0.938 bits per heavy atom. The van der Waals surface area contributed by atoms with Crippen LogP contribution in [0.3, 0.4) is 0 Å². The SMILES string of the molecule is O=C(CC12CC3CC(CC(C3)C1)C2)NCC(=O)N1CCN(Cc2ccc(Cl)c(Cl)c2)CC1. The van der Waals surface area contributed by atoms with Crippen molar-refractivity contribution < 1.29 is 9.59 Å². The first-order chi connectivity index (χ1) is 15.4. The summed E-state index contributed by atoms with van der Waals surface area (Å²) in [6.45, 7) is 3.91. The summed E-state index contributed by atoms with van der Waals surface area (Å²) in [6.07, 6.45) is 8.44. The van der Waals surface area contributed by atoms with E-state index in [0.29, 0.717) is 29.6 Å². The number of carbonyl (C=O) groups is 2. The van der Waals surface area contributed by atoms with Gasteiger partial charge < -0.3 is 10.2 Å². The molecule has 4 saturated carbocycles. The summed E-state index contributed by atoms with van der Waals surface area (Å²) in [5.41, 5.74) is 1.34. The van der Waals surface area contributed by atoms with Crippen molar-refractivity contribution in [3.8, 4) is 0 Å². The van der Waals surface area contributed by atoms with E-state index < -0.39 is 0 Å². The Kier molecular flexibility index (Phi) is 6.43. The van der Waals surface area contributed by atoms with Gasteiger partial charge >= 0.3 is 0 Å². The maximum atomic E-state index is 12.7. The van der Waals surface area contributed by atoms with Gasteiger partial charge in [0.05, 0.1) is 16.6 Å². The van der Waals surface area contributed by atoms with Gasteiger partial charge in [-0.05, 0) is 79.4 Å². The number of piperazine rings is 1. The van der Waals surface area contributed by atoms with Gasteiger partial charge in [0.15, 0.2) is 0 Å². The molecule has 7 heteroatoms. The van der Waals surface area contributed by atoms with Gasteiger partial charge in [0.25, 0.3) is 0 Å². The standard InChI is InChI=1S/C25H33Cl2N3O2/c26-21-2-1-17(10-22(21)27)16-29-3-5-30(6-4-29)24(32)15-28-23(31)14-25-11-18-7-19(12-25)9-20(8-18)13-25/h1-2,10,18-20H,3-9,11-16H2,(H,28,31). The molecule has 0 atom stereocenters. The van der Waals surface area contributed by atoms with Crippen LogP contribution in [0.4, 0.5) is 0 Å². The minimum Gasteiger partial charge on any atom is -0.347 e. The predicted molar refractivity (Wildman–Crippen MR) is 127 cm³/mol. The third-order valence-electron chi connectivity index (χ3n) is 8.25. The van der Waals surface area contributed by atoms with Gasteiger partial charge in [-0.2, -0.15) is 0 Å². The first-order valence-corrected chi connectivity index (χ1v) is 12.8. The Bertz CT molecular complexity index is 847. The lowest BCUT2D eigenvalue weighted by Gasteiger charge is -2.56. The van der Waals surface area contributed by atoms with E-state index in [-0.39, 0.29) is 23.8 Å². The van der Waals surface area contributed by atoms with Gasteiger partial charge in [-0.25, -0.2) is 0 Å². The molecule has 174 valence electrons. The molecule has 0 radical (unpaired) electrons. The highest BCUT2D eigenvalue weighted by Gasteiger charge is 2.51. The largest absolute Gasteiger partial charge is 0.347 e. The number of nitrogens with one attached hydrogen (secondary N) is 1. The van der Waals surface area contributed by atoms with Crippen molar-refractivity contribution >= 4 is 35.0 Å². The molecule has 1 aromatic carbocycles. The second-order valence-electron chi connectivity index (χ2n) is 10.8. The van der Waals surface area contributed by atoms with Crippen molar-refractivity contribution in [2.75, 3.05) is 32.7 Å². The van der Waals surface area contributed by atoms with E-state index in [1.54, 1.807) is 0 Å². The van der Waals surface area contributed by atoms with Crippen molar-refractivity contribution in [2.24, 2.45) is 23.2 Å². The van der Waals surface area contributed by atoms with Gasteiger partial charge in [-0.15, -0.1) is 0 Å². The Hall–Kier alpha value is -1.30. The maximum Gasteiger partial charge on any atom is 0.242 e. The number of amides is 2. The van der Waals surface area contributed by atoms with Crippen molar-refractivity contribution in [3.63, 3.8) is 0 Å². The Balaban J connectivity index is 1.05. The molecule has 0 aromatic heterocycles. The Morgan fingerprint density at radius 3 is 2.16 bits per heavy atom. The van der Waals surface area contributed by atoms with Crippen LogP contribution in [-0.4, -0.2) is 54.3 Å². The van der Waals surface area contributed by atoms with E-state index in [9.17, 15) is 9.59 Å². The van der Waals surface area contributed by atoms with Crippen molar-refractivity contribution in [3.05, 3.63) is 33.8 Å². The molecule has 1 heterocycles. The second kappa shape index (κ2) is 9.15. The molecule has 1 aliphatic heterocycles. The fourth-order valence-electron chi connectivity index (χ4n) is 7.25. The highest BCUT2D eigenvalue weighted by atomic mass is 35.5. The zero-order valence-corrected chi connectivity index (χ0v) is 20.1. The molecule has 4 aliphatic carbocycles. The van der Waals surface area contributed by atoms with Crippen LogP contribution in [0.5, 0.6) is 0 Å². The zero-order chi connectivity index (χ0) is 22.3.